The highest BCUT2D eigenvalue weighted by atomic mass is 16.5. The second-order valence-corrected chi connectivity index (χ2v) is 7.50. The minimum absolute atomic E-state index is 0.0444. The summed E-state index contributed by atoms with van der Waals surface area (Å²) in [5.74, 6) is 0.830. The standard InChI is InChI=1S/C20H28O4/c1-13(9-16-10-14(2)11-19(22)23-16)7-6-8-15(3)17-12-18(21)20(4,5)24-17/h9,11-12,15-16H,6-8,10H2,1-5H3/b13-9+. The summed E-state index contributed by atoms with van der Waals surface area (Å²) in [6, 6.07) is 0. The van der Waals surface area contributed by atoms with Crippen LogP contribution in [0.2, 0.25) is 0 Å². The third-order valence-electron chi connectivity index (χ3n) is 4.56. The van der Waals surface area contributed by atoms with E-state index in [1.165, 1.54) is 5.57 Å². The molecule has 0 radical (unpaired) electrons. The van der Waals surface area contributed by atoms with Gasteiger partial charge >= 0.3 is 5.97 Å². The number of cyclic esters (lactones) is 1. The van der Waals surface area contributed by atoms with Crippen molar-refractivity contribution in [3.05, 3.63) is 35.1 Å². The number of carbonyl (C=O) groups excluding carboxylic acids is 2. The molecule has 0 aromatic heterocycles. The number of hydrogen-bond donors (Lipinski definition) is 0. The Morgan fingerprint density at radius 2 is 2.08 bits per heavy atom. The lowest BCUT2D eigenvalue weighted by atomic mass is 9.98. The molecule has 0 aromatic carbocycles. The van der Waals surface area contributed by atoms with E-state index >= 15 is 0 Å². The summed E-state index contributed by atoms with van der Waals surface area (Å²) in [5.41, 5.74) is 1.58. The highest BCUT2D eigenvalue weighted by Crippen LogP contribution is 2.31. The molecule has 0 bridgehead atoms. The van der Waals surface area contributed by atoms with Gasteiger partial charge in [-0.25, -0.2) is 4.79 Å². The van der Waals surface area contributed by atoms with Crippen molar-refractivity contribution >= 4 is 11.8 Å². The molecular formula is C20H28O4. The number of carbonyl (C=O) groups is 2. The fourth-order valence-electron chi connectivity index (χ4n) is 3.05. The molecule has 0 fully saturated rings. The van der Waals surface area contributed by atoms with E-state index in [2.05, 4.69) is 19.9 Å². The van der Waals surface area contributed by atoms with Crippen LogP contribution in [0.5, 0.6) is 0 Å². The lowest BCUT2D eigenvalue weighted by Gasteiger charge is -2.21. The Hall–Kier alpha value is -1.84. The van der Waals surface area contributed by atoms with Crippen LogP contribution in [0.3, 0.4) is 0 Å². The Morgan fingerprint density at radius 1 is 1.38 bits per heavy atom. The smallest absolute Gasteiger partial charge is 0.331 e. The Labute approximate surface area is 144 Å². The molecule has 0 saturated carbocycles. The van der Waals surface area contributed by atoms with Crippen LogP contribution < -0.4 is 0 Å². The van der Waals surface area contributed by atoms with Crippen molar-refractivity contribution in [2.24, 2.45) is 5.92 Å². The van der Waals surface area contributed by atoms with Crippen molar-refractivity contribution in [3.63, 3.8) is 0 Å². The zero-order valence-electron chi connectivity index (χ0n) is 15.3. The molecule has 24 heavy (non-hydrogen) atoms. The third-order valence-corrected chi connectivity index (χ3v) is 4.56. The zero-order chi connectivity index (χ0) is 17.9. The van der Waals surface area contributed by atoms with E-state index in [9.17, 15) is 9.59 Å². The van der Waals surface area contributed by atoms with Crippen molar-refractivity contribution in [3.8, 4) is 0 Å². The first-order valence-corrected chi connectivity index (χ1v) is 8.67. The van der Waals surface area contributed by atoms with Gasteiger partial charge in [-0.3, -0.25) is 4.79 Å². The first-order valence-electron chi connectivity index (χ1n) is 8.67. The van der Waals surface area contributed by atoms with E-state index in [0.29, 0.717) is 0 Å². The van der Waals surface area contributed by atoms with E-state index in [0.717, 1.165) is 37.0 Å². The minimum atomic E-state index is -0.713. The van der Waals surface area contributed by atoms with Crippen LogP contribution in [0.15, 0.2) is 35.1 Å². The van der Waals surface area contributed by atoms with E-state index in [1.54, 1.807) is 26.0 Å². The second kappa shape index (κ2) is 7.37. The van der Waals surface area contributed by atoms with Gasteiger partial charge in [0.05, 0.1) is 0 Å². The zero-order valence-corrected chi connectivity index (χ0v) is 15.3. The number of hydrogen-bond acceptors (Lipinski definition) is 4. The van der Waals surface area contributed by atoms with E-state index in [4.69, 9.17) is 9.47 Å². The predicted octanol–water partition coefficient (Wildman–Crippen LogP) is 4.26. The highest BCUT2D eigenvalue weighted by molar-refractivity contribution is 5.98. The molecule has 2 aliphatic rings. The summed E-state index contributed by atoms with van der Waals surface area (Å²) in [6.45, 7) is 9.73. The first-order chi connectivity index (χ1) is 11.2. The number of ether oxygens (including phenoxy) is 2. The quantitative estimate of drug-likeness (QED) is 0.538. The minimum Gasteiger partial charge on any atom is -0.484 e. The van der Waals surface area contributed by atoms with Gasteiger partial charge in [-0.15, -0.1) is 0 Å². The monoisotopic (exact) mass is 332 g/mol. The second-order valence-electron chi connectivity index (χ2n) is 7.50. The molecule has 0 spiro atoms. The number of esters is 1. The maximum Gasteiger partial charge on any atom is 0.331 e. The molecule has 132 valence electrons. The molecule has 2 aliphatic heterocycles. The molecule has 2 unspecified atom stereocenters. The van der Waals surface area contributed by atoms with E-state index in [-0.39, 0.29) is 23.8 Å². The molecule has 2 rings (SSSR count). The third kappa shape index (κ3) is 4.83. The number of rotatable bonds is 6. The van der Waals surface area contributed by atoms with Gasteiger partial charge < -0.3 is 9.47 Å². The van der Waals surface area contributed by atoms with Crippen LogP contribution in [-0.4, -0.2) is 23.5 Å². The van der Waals surface area contributed by atoms with Gasteiger partial charge in [0.2, 0.25) is 5.78 Å². The highest BCUT2D eigenvalue weighted by Gasteiger charge is 2.36. The van der Waals surface area contributed by atoms with Crippen LogP contribution >= 0.6 is 0 Å². The van der Waals surface area contributed by atoms with Gasteiger partial charge in [0.1, 0.15) is 11.9 Å². The largest absolute Gasteiger partial charge is 0.484 e. The summed E-state index contributed by atoms with van der Waals surface area (Å²) in [7, 11) is 0. The summed E-state index contributed by atoms with van der Waals surface area (Å²) in [6.07, 6.45) is 8.81. The number of allylic oxidation sites excluding steroid dienone is 2. The SMILES string of the molecule is CC1=CC(=O)OC(/C=C(\C)CCCC(C)C2=CC(=O)C(C)(C)O2)C1. The lowest BCUT2D eigenvalue weighted by Crippen LogP contribution is -2.28. The Morgan fingerprint density at radius 3 is 2.67 bits per heavy atom. The molecule has 2 atom stereocenters. The Bertz CT molecular complexity index is 607. The van der Waals surface area contributed by atoms with Crippen LogP contribution in [0.4, 0.5) is 0 Å². The summed E-state index contributed by atoms with van der Waals surface area (Å²) >= 11 is 0. The average molecular weight is 332 g/mol. The fourth-order valence-corrected chi connectivity index (χ4v) is 3.05. The van der Waals surface area contributed by atoms with Gasteiger partial charge in [-0.2, -0.15) is 0 Å². The fraction of sp³-hybridized carbons (Fsp3) is 0.600. The molecule has 4 nitrogen and oxygen atoms in total. The first kappa shape index (κ1) is 18.5. The normalized spacial score (nSPS) is 24.9. The van der Waals surface area contributed by atoms with Crippen molar-refractivity contribution < 1.29 is 19.1 Å². The lowest BCUT2D eigenvalue weighted by molar-refractivity contribution is -0.142. The van der Waals surface area contributed by atoms with Gasteiger partial charge in [-0.05, 0) is 53.0 Å². The Kier molecular flexibility index (Phi) is 5.68. The number of ketones is 1. The summed E-state index contributed by atoms with van der Waals surface area (Å²) in [5, 5.41) is 0. The average Bonchev–Trinajstić information content (AvgIpc) is 2.71. The van der Waals surface area contributed by atoms with Crippen molar-refractivity contribution in [1.29, 1.82) is 0 Å². The van der Waals surface area contributed by atoms with Gasteiger partial charge in [0.25, 0.3) is 0 Å². The topological polar surface area (TPSA) is 52.6 Å². The van der Waals surface area contributed by atoms with Crippen molar-refractivity contribution in [1.82, 2.24) is 0 Å². The van der Waals surface area contributed by atoms with Crippen molar-refractivity contribution in [2.45, 2.75) is 72.0 Å². The van der Waals surface area contributed by atoms with E-state index in [1.807, 2.05) is 6.92 Å². The van der Waals surface area contributed by atoms with Gasteiger partial charge in [-0.1, -0.05) is 18.1 Å². The summed E-state index contributed by atoms with van der Waals surface area (Å²) < 4.78 is 11.1. The van der Waals surface area contributed by atoms with Crippen LogP contribution in [-0.2, 0) is 19.1 Å². The molecule has 2 heterocycles. The maximum absolute atomic E-state index is 11.8. The predicted molar refractivity (Wildman–Crippen MR) is 93.3 cm³/mol. The summed E-state index contributed by atoms with van der Waals surface area (Å²) in [4.78, 5) is 23.2. The van der Waals surface area contributed by atoms with Crippen molar-refractivity contribution in [2.75, 3.05) is 0 Å². The van der Waals surface area contributed by atoms with Gasteiger partial charge in [0, 0.05) is 24.5 Å². The molecular weight excluding hydrogens is 304 g/mol. The van der Waals surface area contributed by atoms with E-state index < -0.39 is 5.60 Å². The van der Waals surface area contributed by atoms with Gasteiger partial charge in [0.15, 0.2) is 5.60 Å². The van der Waals surface area contributed by atoms with Crippen LogP contribution in [0, 0.1) is 5.92 Å². The van der Waals surface area contributed by atoms with Crippen LogP contribution in [0.25, 0.3) is 0 Å². The molecule has 0 aromatic rings. The Balaban J connectivity index is 1.79. The molecule has 0 saturated heterocycles. The molecule has 4 heteroatoms. The molecule has 0 amide bonds. The molecule has 0 N–H and O–H groups in total. The van der Waals surface area contributed by atoms with Crippen LogP contribution in [0.1, 0.15) is 60.3 Å². The maximum atomic E-state index is 11.8. The molecule has 0 aliphatic carbocycles.